The SMILES string of the molecule is C/C(=C\c1c(C)n(-c2ccc(C)cc2)c2ccccc12)c1ccc2c(c1)c1c(n2C)CCC=C1. The summed E-state index contributed by atoms with van der Waals surface area (Å²) >= 11 is 0. The van der Waals surface area contributed by atoms with E-state index in [9.17, 15) is 0 Å². The van der Waals surface area contributed by atoms with Crippen LogP contribution in [0, 0.1) is 13.8 Å². The minimum Gasteiger partial charge on any atom is -0.347 e. The number of hydrogen-bond acceptors (Lipinski definition) is 0. The topological polar surface area (TPSA) is 9.86 Å². The predicted octanol–water partition coefficient (Wildman–Crippen LogP) is 8.26. The molecule has 0 bridgehead atoms. The zero-order valence-corrected chi connectivity index (χ0v) is 20.4. The highest BCUT2D eigenvalue weighted by Gasteiger charge is 2.17. The summed E-state index contributed by atoms with van der Waals surface area (Å²) in [6.45, 7) is 6.61. The summed E-state index contributed by atoms with van der Waals surface area (Å²) in [6.07, 6.45) is 9.24. The van der Waals surface area contributed by atoms with Gasteiger partial charge in [-0.25, -0.2) is 0 Å². The Kier molecular flexibility index (Phi) is 4.84. The highest BCUT2D eigenvalue weighted by molar-refractivity contribution is 5.99. The quantitative estimate of drug-likeness (QED) is 0.266. The van der Waals surface area contributed by atoms with Crippen LogP contribution in [0.15, 0.2) is 72.8 Å². The van der Waals surface area contributed by atoms with Gasteiger partial charge >= 0.3 is 0 Å². The predicted molar refractivity (Wildman–Crippen MR) is 147 cm³/mol. The molecule has 0 fully saturated rings. The van der Waals surface area contributed by atoms with Crippen LogP contribution < -0.4 is 0 Å². The molecule has 0 saturated carbocycles. The fourth-order valence-corrected chi connectivity index (χ4v) is 5.58. The second-order valence-electron chi connectivity index (χ2n) is 9.61. The van der Waals surface area contributed by atoms with Crippen LogP contribution in [0.2, 0.25) is 0 Å². The minimum atomic E-state index is 1.12. The summed E-state index contributed by atoms with van der Waals surface area (Å²) in [5, 5.41) is 2.65. The molecule has 0 unspecified atom stereocenters. The van der Waals surface area contributed by atoms with Crippen LogP contribution in [0.4, 0.5) is 0 Å². The van der Waals surface area contributed by atoms with Gasteiger partial charge in [0.2, 0.25) is 0 Å². The van der Waals surface area contributed by atoms with Gasteiger partial charge in [-0.2, -0.15) is 0 Å². The molecule has 1 aliphatic carbocycles. The second kappa shape index (κ2) is 7.92. The minimum absolute atomic E-state index is 1.12. The number of hydrogen-bond donors (Lipinski definition) is 0. The van der Waals surface area contributed by atoms with Crippen molar-refractivity contribution in [2.24, 2.45) is 7.05 Å². The Hall–Kier alpha value is -3.78. The van der Waals surface area contributed by atoms with E-state index in [-0.39, 0.29) is 0 Å². The molecule has 0 spiro atoms. The van der Waals surface area contributed by atoms with Crippen LogP contribution in [-0.4, -0.2) is 9.13 Å². The molecule has 1 aliphatic rings. The highest BCUT2D eigenvalue weighted by Crippen LogP contribution is 2.35. The van der Waals surface area contributed by atoms with Crippen molar-refractivity contribution in [3.8, 4) is 5.69 Å². The summed E-state index contributed by atoms with van der Waals surface area (Å²) in [5.74, 6) is 0. The Labute approximate surface area is 201 Å². The van der Waals surface area contributed by atoms with Crippen molar-refractivity contribution in [1.29, 1.82) is 0 Å². The lowest BCUT2D eigenvalue weighted by atomic mass is 9.98. The second-order valence-corrected chi connectivity index (χ2v) is 9.61. The van der Waals surface area contributed by atoms with Crippen LogP contribution in [0.5, 0.6) is 0 Å². The summed E-state index contributed by atoms with van der Waals surface area (Å²) in [5.41, 5.74) is 13.0. The van der Waals surface area contributed by atoms with Gasteiger partial charge in [-0.3, -0.25) is 0 Å². The maximum atomic E-state index is 2.38. The number of para-hydroxylation sites is 1. The Morgan fingerprint density at radius 1 is 0.882 bits per heavy atom. The van der Waals surface area contributed by atoms with Crippen molar-refractivity contribution in [3.05, 3.63) is 106 Å². The van der Waals surface area contributed by atoms with Gasteiger partial charge in [-0.15, -0.1) is 0 Å². The molecule has 0 atom stereocenters. The van der Waals surface area contributed by atoms with Gasteiger partial charge in [0, 0.05) is 51.5 Å². The molecule has 3 aromatic carbocycles. The smallest absolute Gasteiger partial charge is 0.0537 e. The molecule has 2 heterocycles. The Bertz CT molecular complexity index is 1620. The van der Waals surface area contributed by atoms with Crippen LogP contribution in [-0.2, 0) is 13.5 Å². The average Bonchev–Trinajstić information content (AvgIpc) is 3.31. The number of nitrogens with zero attached hydrogens (tertiary/aromatic N) is 2. The molecular weight excluding hydrogens is 412 g/mol. The molecule has 34 heavy (non-hydrogen) atoms. The number of aryl methyl sites for hydroxylation is 2. The van der Waals surface area contributed by atoms with E-state index in [1.54, 1.807) is 0 Å². The molecule has 0 radical (unpaired) electrons. The van der Waals surface area contributed by atoms with E-state index in [2.05, 4.69) is 122 Å². The largest absolute Gasteiger partial charge is 0.347 e. The number of benzene rings is 3. The first-order valence-corrected chi connectivity index (χ1v) is 12.2. The first-order chi connectivity index (χ1) is 16.5. The van der Waals surface area contributed by atoms with Crippen molar-refractivity contribution >= 4 is 39.5 Å². The fraction of sp³-hybridized carbons (Fsp3) is 0.188. The maximum absolute atomic E-state index is 2.38. The first kappa shape index (κ1) is 20.8. The zero-order chi connectivity index (χ0) is 23.4. The standard InChI is InChI=1S/C32H30N2/c1-21-13-16-25(17-14-21)34-23(3)28(26-9-6-8-12-32(26)34)19-22(2)24-15-18-31-29(20-24)27-10-5-7-11-30(27)33(31)4/h5-6,8-10,12-20H,7,11H2,1-4H3/b22-19+. The number of fused-ring (bicyclic) bond motifs is 4. The molecule has 168 valence electrons. The molecule has 2 heteroatoms. The van der Waals surface area contributed by atoms with E-state index >= 15 is 0 Å². The van der Waals surface area contributed by atoms with Gasteiger partial charge in [-0.05, 0) is 81.2 Å². The van der Waals surface area contributed by atoms with Crippen molar-refractivity contribution in [2.75, 3.05) is 0 Å². The molecule has 0 saturated heterocycles. The van der Waals surface area contributed by atoms with Crippen LogP contribution in [0.1, 0.15) is 47.0 Å². The van der Waals surface area contributed by atoms with Crippen LogP contribution >= 0.6 is 0 Å². The molecule has 0 amide bonds. The normalized spacial score (nSPS) is 13.7. The Morgan fingerprint density at radius 2 is 1.68 bits per heavy atom. The van der Waals surface area contributed by atoms with E-state index in [0.717, 1.165) is 12.8 Å². The van der Waals surface area contributed by atoms with Crippen molar-refractivity contribution < 1.29 is 0 Å². The molecule has 2 aromatic heterocycles. The maximum Gasteiger partial charge on any atom is 0.0537 e. The molecule has 6 rings (SSSR count). The van der Waals surface area contributed by atoms with E-state index < -0.39 is 0 Å². The zero-order valence-electron chi connectivity index (χ0n) is 20.4. The third-order valence-corrected chi connectivity index (χ3v) is 7.46. The van der Waals surface area contributed by atoms with Crippen molar-refractivity contribution in [2.45, 2.75) is 33.6 Å². The van der Waals surface area contributed by atoms with Crippen LogP contribution in [0.25, 0.3) is 45.2 Å². The average molecular weight is 443 g/mol. The summed E-state index contributed by atoms with van der Waals surface area (Å²) < 4.78 is 4.76. The molecular formula is C32H30N2. The van der Waals surface area contributed by atoms with Gasteiger partial charge in [0.05, 0.1) is 5.52 Å². The molecule has 0 N–H and O–H groups in total. The lowest BCUT2D eigenvalue weighted by Gasteiger charge is -2.09. The third kappa shape index (κ3) is 3.17. The lowest BCUT2D eigenvalue weighted by Crippen LogP contribution is -1.99. The number of allylic oxidation sites excluding steroid dienone is 2. The Balaban J connectivity index is 1.51. The third-order valence-electron chi connectivity index (χ3n) is 7.46. The van der Waals surface area contributed by atoms with Gasteiger partial charge < -0.3 is 9.13 Å². The van der Waals surface area contributed by atoms with E-state index in [4.69, 9.17) is 0 Å². The van der Waals surface area contributed by atoms with Gasteiger partial charge in [0.25, 0.3) is 0 Å². The summed E-state index contributed by atoms with van der Waals surface area (Å²) in [4.78, 5) is 0. The number of rotatable bonds is 3. The monoisotopic (exact) mass is 442 g/mol. The van der Waals surface area contributed by atoms with Crippen molar-refractivity contribution in [3.63, 3.8) is 0 Å². The van der Waals surface area contributed by atoms with E-state index in [1.807, 2.05) is 0 Å². The summed E-state index contributed by atoms with van der Waals surface area (Å²) in [6, 6.07) is 24.5. The van der Waals surface area contributed by atoms with Crippen molar-refractivity contribution in [1.82, 2.24) is 9.13 Å². The van der Waals surface area contributed by atoms with Gasteiger partial charge in [-0.1, -0.05) is 54.1 Å². The van der Waals surface area contributed by atoms with Gasteiger partial charge in [0.15, 0.2) is 0 Å². The first-order valence-electron chi connectivity index (χ1n) is 12.2. The van der Waals surface area contributed by atoms with Gasteiger partial charge in [0.1, 0.15) is 0 Å². The Morgan fingerprint density at radius 3 is 2.50 bits per heavy atom. The number of aromatic nitrogens is 2. The molecule has 0 aliphatic heterocycles. The highest BCUT2D eigenvalue weighted by atomic mass is 15.0. The molecule has 2 nitrogen and oxygen atoms in total. The summed E-state index contributed by atoms with van der Waals surface area (Å²) in [7, 11) is 2.20. The van der Waals surface area contributed by atoms with Crippen LogP contribution in [0.3, 0.4) is 0 Å². The lowest BCUT2D eigenvalue weighted by molar-refractivity contribution is 0.824. The van der Waals surface area contributed by atoms with E-state index in [1.165, 1.54) is 66.7 Å². The molecule has 5 aromatic rings. The fourth-order valence-electron chi connectivity index (χ4n) is 5.58. The van der Waals surface area contributed by atoms with E-state index in [0.29, 0.717) is 0 Å².